The van der Waals surface area contributed by atoms with Crippen molar-refractivity contribution in [2.75, 3.05) is 31.3 Å². The minimum Gasteiger partial charge on any atom is -0.460 e. The third kappa shape index (κ3) is 9.02. The van der Waals surface area contributed by atoms with Gasteiger partial charge in [0.2, 0.25) is 10.0 Å². The van der Waals surface area contributed by atoms with Gasteiger partial charge in [0.05, 0.1) is 27.8 Å². The highest BCUT2D eigenvalue weighted by atomic mass is 35.5. The summed E-state index contributed by atoms with van der Waals surface area (Å²) in [5.41, 5.74) is 1.09. The highest BCUT2D eigenvalue weighted by Gasteiger charge is 2.31. The number of carbonyl (C=O) groups is 2. The number of nitrogens with zero attached hydrogens (tertiary/aromatic N) is 4. The van der Waals surface area contributed by atoms with Gasteiger partial charge in [-0.15, -0.1) is 5.10 Å². The average Bonchev–Trinajstić information content (AvgIpc) is 3.63. The Bertz CT molecular complexity index is 2100. The number of halogens is 1. The first kappa shape index (κ1) is 38.5. The van der Waals surface area contributed by atoms with Crippen LogP contribution in [0.25, 0.3) is 0 Å². The molecule has 0 spiro atoms. The van der Waals surface area contributed by atoms with Crippen LogP contribution in [0.3, 0.4) is 0 Å². The van der Waals surface area contributed by atoms with E-state index in [1.54, 1.807) is 6.92 Å². The third-order valence-electron chi connectivity index (χ3n) is 8.35. The molecule has 2 atom stereocenters. The van der Waals surface area contributed by atoms with Crippen molar-refractivity contribution >= 4 is 61.8 Å². The lowest BCUT2D eigenvalue weighted by molar-refractivity contribution is -0.117. The van der Waals surface area contributed by atoms with Crippen LogP contribution in [0.5, 0.6) is 11.5 Å². The topological polar surface area (TPSA) is 203 Å². The molecule has 4 N–H and O–H groups in total. The number of aliphatic imine (C=N–C) groups is 1. The van der Waals surface area contributed by atoms with E-state index in [4.69, 9.17) is 21.1 Å². The molecule has 1 heterocycles. The zero-order valence-electron chi connectivity index (χ0n) is 28.5. The van der Waals surface area contributed by atoms with Crippen molar-refractivity contribution in [3.8, 4) is 11.5 Å². The summed E-state index contributed by atoms with van der Waals surface area (Å²) in [7, 11) is -1.34. The SMILES string of the molecule is CCOC(=O)c1ncn(C(C(=O)Nc2cc(S(=O)(=O)NC)ccc2Oc2ccccc2C2CCCCC2)C(=NC)Nc2ccc(Cl)cc2S(=O)O)n1. The number of rotatable bonds is 13. The Morgan fingerprint density at radius 3 is 2.50 bits per heavy atom. The molecule has 1 saturated carbocycles. The molecule has 2 unspecified atom stereocenters. The molecule has 52 heavy (non-hydrogen) atoms. The summed E-state index contributed by atoms with van der Waals surface area (Å²) in [5, 5.41) is 10.0. The second-order valence-electron chi connectivity index (χ2n) is 11.6. The van der Waals surface area contributed by atoms with Gasteiger partial charge < -0.3 is 24.7 Å². The molecule has 0 bridgehead atoms. The Hall–Kier alpha value is -4.68. The van der Waals surface area contributed by atoms with Crippen LogP contribution in [0.15, 0.2) is 81.8 Å². The van der Waals surface area contributed by atoms with E-state index in [1.165, 1.54) is 56.9 Å². The molecule has 1 aliphatic rings. The fourth-order valence-corrected chi connectivity index (χ4v) is 7.34. The van der Waals surface area contributed by atoms with Crippen molar-refractivity contribution in [1.29, 1.82) is 0 Å². The van der Waals surface area contributed by atoms with Gasteiger partial charge in [0.1, 0.15) is 17.9 Å². The molecule has 1 aliphatic carbocycles. The zero-order chi connectivity index (χ0) is 37.4. The number of aromatic nitrogens is 3. The summed E-state index contributed by atoms with van der Waals surface area (Å²) >= 11 is 3.59. The summed E-state index contributed by atoms with van der Waals surface area (Å²) in [6, 6.07) is 14.3. The minimum atomic E-state index is -3.97. The number of esters is 1. The van der Waals surface area contributed by atoms with Crippen LogP contribution in [0.1, 0.15) is 67.2 Å². The van der Waals surface area contributed by atoms with Crippen molar-refractivity contribution < 1.29 is 36.2 Å². The van der Waals surface area contributed by atoms with Gasteiger partial charge in [0.15, 0.2) is 22.9 Å². The molecule has 5 rings (SSSR count). The number of amides is 1. The Balaban J connectivity index is 1.58. The van der Waals surface area contributed by atoms with Gasteiger partial charge in [-0.25, -0.2) is 31.8 Å². The summed E-state index contributed by atoms with van der Waals surface area (Å²) in [5.74, 6) is -1.12. The normalized spacial score (nSPS) is 15.1. The van der Waals surface area contributed by atoms with Gasteiger partial charge in [-0.1, -0.05) is 49.1 Å². The van der Waals surface area contributed by atoms with Crippen LogP contribution in [0.4, 0.5) is 11.4 Å². The minimum absolute atomic E-state index is 0.00500. The number of hydrogen-bond donors (Lipinski definition) is 4. The lowest BCUT2D eigenvalue weighted by Gasteiger charge is -2.25. The van der Waals surface area contributed by atoms with Crippen molar-refractivity contribution in [1.82, 2.24) is 19.5 Å². The maximum Gasteiger partial charge on any atom is 0.378 e. The van der Waals surface area contributed by atoms with E-state index in [-0.39, 0.29) is 56.1 Å². The largest absolute Gasteiger partial charge is 0.460 e. The van der Waals surface area contributed by atoms with Crippen LogP contribution in [0.2, 0.25) is 5.02 Å². The number of carbonyl (C=O) groups excluding carboxylic acids is 2. The summed E-state index contributed by atoms with van der Waals surface area (Å²) in [6.45, 7) is 1.66. The second-order valence-corrected chi connectivity index (χ2v) is 14.9. The monoisotopic (exact) mass is 771 g/mol. The Morgan fingerprint density at radius 2 is 1.81 bits per heavy atom. The van der Waals surface area contributed by atoms with E-state index in [0.717, 1.165) is 42.3 Å². The molecule has 15 nitrogen and oxygen atoms in total. The number of amidine groups is 1. The van der Waals surface area contributed by atoms with E-state index in [1.807, 2.05) is 24.3 Å². The maximum atomic E-state index is 14.4. The second kappa shape index (κ2) is 17.2. The van der Waals surface area contributed by atoms with Crippen molar-refractivity contribution in [2.24, 2.45) is 4.99 Å². The average molecular weight is 772 g/mol. The molecule has 1 amide bonds. The lowest BCUT2D eigenvalue weighted by atomic mass is 9.84. The van der Waals surface area contributed by atoms with E-state index >= 15 is 0 Å². The first-order valence-electron chi connectivity index (χ1n) is 16.3. The molecule has 276 valence electrons. The highest BCUT2D eigenvalue weighted by molar-refractivity contribution is 7.89. The Labute approximate surface area is 308 Å². The number of anilines is 2. The number of hydrogen-bond acceptors (Lipinski definition) is 10. The molecule has 0 radical (unpaired) electrons. The molecular weight excluding hydrogens is 734 g/mol. The third-order valence-corrected chi connectivity index (χ3v) is 10.7. The fraction of sp³-hybridized carbons (Fsp3) is 0.324. The standard InChI is InChI=1S/C34H38ClN7O8S2/c1-4-49-34(44)32-38-20-42(41-32)30(31(36-2)39-25-16-14-22(35)18-29(25)51(45)46)33(43)40-26-19-23(52(47,48)37-3)15-17-28(26)50-27-13-9-8-12-24(27)21-10-6-5-7-11-21/h8-9,12-21,30,37H,4-7,10-11H2,1-3H3,(H,36,39)(H,40,43)(H,45,46). The lowest BCUT2D eigenvalue weighted by Crippen LogP contribution is -2.37. The van der Waals surface area contributed by atoms with E-state index in [9.17, 15) is 26.8 Å². The van der Waals surface area contributed by atoms with E-state index in [0.29, 0.717) is 5.75 Å². The quantitative estimate of drug-likeness (QED) is 0.0557. The van der Waals surface area contributed by atoms with Crippen LogP contribution >= 0.6 is 11.6 Å². The van der Waals surface area contributed by atoms with Crippen molar-refractivity contribution in [3.05, 3.63) is 83.4 Å². The van der Waals surface area contributed by atoms with Crippen molar-refractivity contribution in [2.45, 2.75) is 60.8 Å². The number of ether oxygens (including phenoxy) is 2. The summed E-state index contributed by atoms with van der Waals surface area (Å²) < 4.78 is 62.7. The fourth-order valence-electron chi connectivity index (χ4n) is 5.81. The number of benzene rings is 3. The number of para-hydroxylation sites is 1. The van der Waals surface area contributed by atoms with Gasteiger partial charge in [0, 0.05) is 12.1 Å². The van der Waals surface area contributed by atoms with E-state index in [2.05, 4.69) is 30.4 Å². The van der Waals surface area contributed by atoms with Gasteiger partial charge in [-0.3, -0.25) is 9.79 Å². The molecule has 0 aliphatic heterocycles. The van der Waals surface area contributed by atoms with Gasteiger partial charge >= 0.3 is 5.97 Å². The Kier molecular flexibility index (Phi) is 12.8. The first-order valence-corrected chi connectivity index (χ1v) is 19.3. The van der Waals surface area contributed by atoms with Crippen LogP contribution in [-0.2, 0) is 30.6 Å². The molecule has 1 fully saturated rings. The molecule has 1 aromatic heterocycles. The van der Waals surface area contributed by atoms with Crippen LogP contribution in [0, 0.1) is 0 Å². The van der Waals surface area contributed by atoms with Crippen LogP contribution < -0.4 is 20.1 Å². The molecule has 0 saturated heterocycles. The molecule has 4 aromatic rings. The van der Waals surface area contributed by atoms with Gasteiger partial charge in [-0.05, 0) is 80.8 Å². The predicted molar refractivity (Wildman–Crippen MR) is 196 cm³/mol. The van der Waals surface area contributed by atoms with Crippen molar-refractivity contribution in [3.63, 3.8) is 0 Å². The van der Waals surface area contributed by atoms with Crippen LogP contribution in [-0.4, -0.2) is 70.4 Å². The zero-order valence-corrected chi connectivity index (χ0v) is 30.9. The molecule has 3 aromatic carbocycles. The summed E-state index contributed by atoms with van der Waals surface area (Å²) in [6.07, 6.45) is 6.49. The van der Waals surface area contributed by atoms with E-state index < -0.39 is 39.0 Å². The summed E-state index contributed by atoms with van der Waals surface area (Å²) in [4.78, 5) is 34.9. The van der Waals surface area contributed by atoms with Gasteiger partial charge in [0.25, 0.3) is 11.7 Å². The highest BCUT2D eigenvalue weighted by Crippen LogP contribution is 2.41. The molecular formula is C34H38ClN7O8S2. The number of nitrogens with one attached hydrogen (secondary N) is 3. The smallest absolute Gasteiger partial charge is 0.378 e. The number of sulfonamides is 1. The Morgan fingerprint density at radius 1 is 1.06 bits per heavy atom. The van der Waals surface area contributed by atoms with Gasteiger partial charge in [-0.2, -0.15) is 0 Å². The maximum absolute atomic E-state index is 14.4. The first-order chi connectivity index (χ1) is 24.9. The molecule has 18 heteroatoms. The predicted octanol–water partition coefficient (Wildman–Crippen LogP) is 5.76.